The van der Waals surface area contributed by atoms with E-state index < -0.39 is 17.5 Å². The van der Waals surface area contributed by atoms with E-state index in [1.54, 1.807) is 25.1 Å². The van der Waals surface area contributed by atoms with E-state index in [2.05, 4.69) is 24.5 Å². The van der Waals surface area contributed by atoms with Gasteiger partial charge in [-0.05, 0) is 50.3 Å². The van der Waals surface area contributed by atoms with Crippen LogP contribution in [0.25, 0.3) is 0 Å². The van der Waals surface area contributed by atoms with Crippen LogP contribution >= 0.6 is 11.6 Å². The molecule has 1 aliphatic rings. The lowest BCUT2D eigenvalue weighted by Crippen LogP contribution is -2.44. The van der Waals surface area contributed by atoms with E-state index in [9.17, 15) is 14.4 Å². The maximum atomic E-state index is 12.6. The molecule has 0 aromatic heterocycles. The van der Waals surface area contributed by atoms with Gasteiger partial charge in [0.1, 0.15) is 12.1 Å². The van der Waals surface area contributed by atoms with Gasteiger partial charge < -0.3 is 10.6 Å². The summed E-state index contributed by atoms with van der Waals surface area (Å²) in [6.45, 7) is 7.33. The third kappa shape index (κ3) is 4.51. The van der Waals surface area contributed by atoms with E-state index in [-0.39, 0.29) is 12.5 Å². The van der Waals surface area contributed by atoms with Crippen LogP contribution in [0, 0.1) is 12.8 Å². The second-order valence-electron chi connectivity index (χ2n) is 7.09. The number of halogens is 1. The molecule has 2 N–H and O–H groups in total. The van der Waals surface area contributed by atoms with Crippen LogP contribution in [0.3, 0.4) is 0 Å². The first-order valence-electron chi connectivity index (χ1n) is 8.32. The second kappa shape index (κ2) is 7.44. The number of hydrogen-bond acceptors (Lipinski definition) is 3. The molecule has 1 fully saturated rings. The van der Waals surface area contributed by atoms with Crippen molar-refractivity contribution >= 4 is 35.1 Å². The predicted octanol–water partition coefficient (Wildman–Crippen LogP) is 3.33. The van der Waals surface area contributed by atoms with E-state index in [1.807, 2.05) is 6.92 Å². The second-order valence-corrected chi connectivity index (χ2v) is 7.53. The minimum Gasteiger partial charge on any atom is -0.324 e. The molecule has 1 saturated heterocycles. The Kier molecular flexibility index (Phi) is 5.72. The van der Waals surface area contributed by atoms with Crippen LogP contribution in [0.1, 0.15) is 39.2 Å². The summed E-state index contributed by atoms with van der Waals surface area (Å²) in [6.07, 6.45) is 1.35. The fourth-order valence-corrected chi connectivity index (χ4v) is 2.87. The summed E-state index contributed by atoms with van der Waals surface area (Å²) >= 11 is 5.93. The van der Waals surface area contributed by atoms with Crippen LogP contribution in [0.5, 0.6) is 0 Å². The van der Waals surface area contributed by atoms with Crippen molar-refractivity contribution in [3.63, 3.8) is 0 Å². The van der Waals surface area contributed by atoms with Gasteiger partial charge in [0, 0.05) is 10.7 Å². The number of aryl methyl sites for hydroxylation is 1. The molecule has 0 saturated carbocycles. The fourth-order valence-electron chi connectivity index (χ4n) is 2.70. The molecule has 1 aliphatic heterocycles. The number of rotatable bonds is 6. The highest BCUT2D eigenvalue weighted by Crippen LogP contribution is 2.25. The topological polar surface area (TPSA) is 78.5 Å². The minimum atomic E-state index is -0.951. The number of nitrogens with zero attached hydrogens (tertiary/aromatic N) is 1. The van der Waals surface area contributed by atoms with E-state index in [0.717, 1.165) is 16.9 Å². The summed E-state index contributed by atoms with van der Waals surface area (Å²) in [5, 5.41) is 5.91. The van der Waals surface area contributed by atoms with Crippen LogP contribution in [0.2, 0.25) is 5.02 Å². The monoisotopic (exact) mass is 365 g/mol. The van der Waals surface area contributed by atoms with Crippen LogP contribution in [-0.4, -0.2) is 34.8 Å². The zero-order valence-electron chi connectivity index (χ0n) is 15.0. The first kappa shape index (κ1) is 19.2. The fraction of sp³-hybridized carbons (Fsp3) is 0.500. The van der Waals surface area contributed by atoms with Crippen molar-refractivity contribution in [1.82, 2.24) is 10.2 Å². The predicted molar refractivity (Wildman–Crippen MR) is 97.5 cm³/mol. The van der Waals surface area contributed by atoms with Gasteiger partial charge in [-0.25, -0.2) is 4.79 Å². The smallest absolute Gasteiger partial charge is 0.324 e. The van der Waals surface area contributed by atoms with Crippen molar-refractivity contribution < 1.29 is 14.4 Å². The molecule has 0 spiro atoms. The van der Waals surface area contributed by atoms with Crippen LogP contribution in [0.15, 0.2) is 18.2 Å². The number of anilines is 1. The highest BCUT2D eigenvalue weighted by molar-refractivity contribution is 6.31. The molecule has 1 unspecified atom stereocenters. The van der Waals surface area contributed by atoms with Crippen molar-refractivity contribution in [2.24, 2.45) is 5.92 Å². The summed E-state index contributed by atoms with van der Waals surface area (Å²) in [7, 11) is 0. The lowest BCUT2D eigenvalue weighted by molar-refractivity contribution is -0.133. The number of imide groups is 1. The Morgan fingerprint density at radius 1 is 1.36 bits per heavy atom. The van der Waals surface area contributed by atoms with Gasteiger partial charge in [-0.1, -0.05) is 31.5 Å². The molecule has 0 bridgehead atoms. The van der Waals surface area contributed by atoms with E-state index in [1.165, 1.54) is 0 Å². The molecular formula is C18H24ClN3O3. The highest BCUT2D eigenvalue weighted by Gasteiger charge is 2.47. The highest BCUT2D eigenvalue weighted by atomic mass is 35.5. The van der Waals surface area contributed by atoms with E-state index in [4.69, 9.17) is 11.6 Å². The van der Waals surface area contributed by atoms with Crippen molar-refractivity contribution in [2.45, 2.75) is 46.1 Å². The maximum absolute atomic E-state index is 12.6. The quantitative estimate of drug-likeness (QED) is 0.759. The van der Waals surface area contributed by atoms with E-state index in [0.29, 0.717) is 23.0 Å². The van der Waals surface area contributed by atoms with Crippen molar-refractivity contribution in [3.05, 3.63) is 28.8 Å². The zero-order valence-corrected chi connectivity index (χ0v) is 15.7. The summed E-state index contributed by atoms with van der Waals surface area (Å²) in [6, 6.07) is 4.61. The Labute approximate surface area is 152 Å². The molecule has 25 heavy (non-hydrogen) atoms. The molecule has 6 nitrogen and oxygen atoms in total. The van der Waals surface area contributed by atoms with Crippen molar-refractivity contribution in [3.8, 4) is 0 Å². The average molecular weight is 366 g/mol. The van der Waals surface area contributed by atoms with Crippen LogP contribution < -0.4 is 10.6 Å². The number of nitrogens with one attached hydrogen (secondary N) is 2. The van der Waals surface area contributed by atoms with Crippen molar-refractivity contribution in [1.29, 1.82) is 0 Å². The number of urea groups is 1. The average Bonchev–Trinajstić information content (AvgIpc) is 2.73. The van der Waals surface area contributed by atoms with Gasteiger partial charge in [-0.15, -0.1) is 0 Å². The normalized spacial score (nSPS) is 20.2. The summed E-state index contributed by atoms with van der Waals surface area (Å²) in [4.78, 5) is 38.0. The maximum Gasteiger partial charge on any atom is 0.325 e. The van der Waals surface area contributed by atoms with Gasteiger partial charge in [-0.3, -0.25) is 14.5 Å². The zero-order chi connectivity index (χ0) is 18.8. The van der Waals surface area contributed by atoms with Gasteiger partial charge in [0.2, 0.25) is 5.91 Å². The Balaban J connectivity index is 2.04. The number of hydrogen-bond donors (Lipinski definition) is 2. The summed E-state index contributed by atoms with van der Waals surface area (Å²) < 4.78 is 0. The summed E-state index contributed by atoms with van der Waals surface area (Å²) in [5.74, 6) is -0.386. The molecule has 1 atom stereocenters. The molecule has 1 heterocycles. The molecule has 1 aromatic rings. The van der Waals surface area contributed by atoms with Crippen LogP contribution in [0.4, 0.5) is 10.5 Å². The molecule has 0 radical (unpaired) electrons. The third-order valence-corrected chi connectivity index (χ3v) is 4.58. The summed E-state index contributed by atoms with van der Waals surface area (Å²) in [5.41, 5.74) is 0.456. The van der Waals surface area contributed by atoms with E-state index >= 15 is 0 Å². The Hall–Kier alpha value is -2.08. The Bertz CT molecular complexity index is 705. The van der Waals surface area contributed by atoms with Gasteiger partial charge in [-0.2, -0.15) is 0 Å². The molecular weight excluding hydrogens is 342 g/mol. The lowest BCUT2D eigenvalue weighted by atomic mass is 9.92. The SMILES string of the molecule is Cc1ccc(Cl)cc1NC(=O)CN1C(=O)NC(C)(CCC(C)C)C1=O. The minimum absolute atomic E-state index is 0.326. The molecule has 0 aliphatic carbocycles. The molecule has 136 valence electrons. The number of amides is 4. The Morgan fingerprint density at radius 3 is 2.68 bits per heavy atom. The number of benzene rings is 1. The molecule has 4 amide bonds. The number of carbonyl (C=O) groups is 3. The first-order chi connectivity index (χ1) is 11.6. The van der Waals surface area contributed by atoms with Gasteiger partial charge in [0.25, 0.3) is 5.91 Å². The van der Waals surface area contributed by atoms with Crippen molar-refractivity contribution in [2.75, 3.05) is 11.9 Å². The first-order valence-corrected chi connectivity index (χ1v) is 8.70. The van der Waals surface area contributed by atoms with Gasteiger partial charge in [0.05, 0.1) is 0 Å². The molecule has 7 heteroatoms. The third-order valence-electron chi connectivity index (χ3n) is 4.34. The standard InChI is InChI=1S/C18H24ClN3O3/c1-11(2)7-8-18(4)16(24)22(17(25)21-18)10-15(23)20-14-9-13(19)6-5-12(14)3/h5-6,9,11H,7-8,10H2,1-4H3,(H,20,23)(H,21,25). The lowest BCUT2D eigenvalue weighted by Gasteiger charge is -2.22. The van der Waals surface area contributed by atoms with Crippen LogP contribution in [-0.2, 0) is 9.59 Å². The molecule has 1 aromatic carbocycles. The Morgan fingerprint density at radius 2 is 2.04 bits per heavy atom. The largest absolute Gasteiger partial charge is 0.325 e. The van der Waals surface area contributed by atoms with Gasteiger partial charge in [0.15, 0.2) is 0 Å². The molecule has 2 rings (SSSR count). The number of carbonyl (C=O) groups excluding carboxylic acids is 3. The van der Waals surface area contributed by atoms with Gasteiger partial charge >= 0.3 is 6.03 Å².